The van der Waals surface area contributed by atoms with Gasteiger partial charge in [-0.25, -0.2) is 4.79 Å². The van der Waals surface area contributed by atoms with Gasteiger partial charge in [-0.2, -0.15) is 0 Å². The fourth-order valence-corrected chi connectivity index (χ4v) is 7.61. The van der Waals surface area contributed by atoms with Crippen molar-refractivity contribution in [1.82, 2.24) is 20.9 Å². The van der Waals surface area contributed by atoms with Crippen LogP contribution in [-0.4, -0.2) is 109 Å². The fourth-order valence-electron chi connectivity index (χ4n) is 7.61. The first-order chi connectivity index (χ1) is 25.8. The first-order valence-electron chi connectivity index (χ1n) is 19.4. The van der Waals surface area contributed by atoms with Gasteiger partial charge in [0, 0.05) is 30.9 Å². The third kappa shape index (κ3) is 9.27. The number of methoxy groups -OCH3 is 1. The lowest BCUT2D eigenvalue weighted by Gasteiger charge is -2.35. The molecule has 6 rings (SSSR count). The summed E-state index contributed by atoms with van der Waals surface area (Å²) < 4.78 is 22.8. The average Bonchev–Trinajstić information content (AvgIpc) is 3.58. The molecule has 15 heteroatoms. The van der Waals surface area contributed by atoms with Gasteiger partial charge in [-0.05, 0) is 68.6 Å². The van der Waals surface area contributed by atoms with Crippen molar-refractivity contribution in [3.05, 3.63) is 23.8 Å². The van der Waals surface area contributed by atoms with Gasteiger partial charge < -0.3 is 44.6 Å². The Bertz CT molecular complexity index is 1610. The predicted molar refractivity (Wildman–Crippen MR) is 196 cm³/mol. The summed E-state index contributed by atoms with van der Waals surface area (Å²) in [6.45, 7) is 8.02. The van der Waals surface area contributed by atoms with Crippen LogP contribution in [0.25, 0.3) is 0 Å². The summed E-state index contributed by atoms with van der Waals surface area (Å²) >= 11 is 0. The summed E-state index contributed by atoms with van der Waals surface area (Å²) in [4.78, 5) is 75.6. The van der Waals surface area contributed by atoms with Crippen LogP contribution in [0.5, 0.6) is 11.5 Å². The number of likely N-dealkylation sites (tertiary alicyclic amines) is 1. The minimum absolute atomic E-state index is 0.0210. The van der Waals surface area contributed by atoms with Crippen LogP contribution in [0.15, 0.2) is 23.4 Å². The van der Waals surface area contributed by atoms with Crippen LogP contribution in [0.1, 0.15) is 104 Å². The number of oxime groups is 1. The molecule has 54 heavy (non-hydrogen) atoms. The molecule has 1 aromatic rings. The number of amides is 4. The van der Waals surface area contributed by atoms with Gasteiger partial charge in [-0.1, -0.05) is 39.3 Å². The Labute approximate surface area is 316 Å². The molecule has 0 aromatic heterocycles. The van der Waals surface area contributed by atoms with Crippen molar-refractivity contribution in [3.8, 4) is 11.5 Å². The zero-order valence-corrected chi connectivity index (χ0v) is 32.1. The number of nitrogens with zero attached hydrogens (tertiary/aromatic N) is 2. The highest BCUT2D eigenvalue weighted by Crippen LogP contribution is 2.41. The number of hydrogen-bond donors (Lipinski definition) is 3. The second-order valence-electron chi connectivity index (χ2n) is 16.4. The van der Waals surface area contributed by atoms with Gasteiger partial charge in [0.05, 0.1) is 44.7 Å². The SMILES string of the molecule is CCC[C@H](NC(=O)[C@@H]1C[C@]2(CC(c3ccc(OC)c(OC4CCCC4)c3)=NO2)CN1C(=O)[C@@H](NC(=O)O[C@H]1CCOC1)C(C)(C)C)C(=O)C(=O)NC1CC1. The Hall–Kier alpha value is -4.40. The molecule has 5 aliphatic rings. The van der Waals surface area contributed by atoms with Gasteiger partial charge in [0.25, 0.3) is 5.91 Å². The van der Waals surface area contributed by atoms with Crippen molar-refractivity contribution in [2.45, 2.75) is 140 Å². The molecule has 1 aromatic carbocycles. The van der Waals surface area contributed by atoms with E-state index in [1.807, 2.05) is 45.9 Å². The molecular formula is C39H55N5O10. The first-order valence-corrected chi connectivity index (χ1v) is 19.4. The summed E-state index contributed by atoms with van der Waals surface area (Å²) in [5, 5.41) is 12.7. The van der Waals surface area contributed by atoms with Gasteiger partial charge in [-0.15, -0.1) is 0 Å². The van der Waals surface area contributed by atoms with Crippen molar-refractivity contribution in [2.24, 2.45) is 10.6 Å². The summed E-state index contributed by atoms with van der Waals surface area (Å²) in [5.41, 5.74) is -0.505. The average molecular weight is 754 g/mol. The van der Waals surface area contributed by atoms with Crippen molar-refractivity contribution in [3.63, 3.8) is 0 Å². The Kier molecular flexibility index (Phi) is 12.0. The molecule has 0 radical (unpaired) electrons. The van der Waals surface area contributed by atoms with Crippen LogP contribution in [-0.2, 0) is 33.5 Å². The molecule has 2 saturated carbocycles. The molecule has 2 aliphatic carbocycles. The monoisotopic (exact) mass is 753 g/mol. The molecule has 3 heterocycles. The lowest BCUT2D eigenvalue weighted by Crippen LogP contribution is -2.59. The zero-order valence-electron chi connectivity index (χ0n) is 32.1. The normalized spacial score (nSPS) is 25.1. The highest BCUT2D eigenvalue weighted by molar-refractivity contribution is 6.38. The maximum atomic E-state index is 14.6. The second kappa shape index (κ2) is 16.5. The van der Waals surface area contributed by atoms with Crippen LogP contribution in [0.3, 0.4) is 0 Å². The number of Topliss-reactive ketones (excluding diaryl/α,β-unsaturated/α-hetero) is 1. The highest BCUT2D eigenvalue weighted by Gasteiger charge is 2.56. The number of ether oxygens (including phenoxy) is 4. The Morgan fingerprint density at radius 1 is 1.02 bits per heavy atom. The van der Waals surface area contributed by atoms with Gasteiger partial charge in [0.1, 0.15) is 18.2 Å². The van der Waals surface area contributed by atoms with Crippen LogP contribution < -0.4 is 25.4 Å². The van der Waals surface area contributed by atoms with Gasteiger partial charge >= 0.3 is 6.09 Å². The van der Waals surface area contributed by atoms with E-state index in [0.29, 0.717) is 36.7 Å². The maximum Gasteiger partial charge on any atom is 0.408 e. The third-order valence-electron chi connectivity index (χ3n) is 10.8. The van der Waals surface area contributed by atoms with Crippen molar-refractivity contribution >= 4 is 35.3 Å². The van der Waals surface area contributed by atoms with Gasteiger partial charge in [-0.3, -0.25) is 19.2 Å². The maximum absolute atomic E-state index is 14.6. The van der Waals surface area contributed by atoms with E-state index < -0.39 is 64.8 Å². The molecule has 5 atom stereocenters. The summed E-state index contributed by atoms with van der Waals surface area (Å²) in [6.07, 6.45) is 6.36. The van der Waals surface area contributed by atoms with Crippen LogP contribution >= 0.6 is 0 Å². The Morgan fingerprint density at radius 3 is 2.43 bits per heavy atom. The molecule has 15 nitrogen and oxygen atoms in total. The number of carbonyl (C=O) groups excluding carboxylic acids is 5. The molecule has 4 fully saturated rings. The molecule has 0 bridgehead atoms. The van der Waals surface area contributed by atoms with Gasteiger partial charge in [0.2, 0.25) is 17.6 Å². The van der Waals surface area contributed by atoms with Crippen molar-refractivity contribution in [2.75, 3.05) is 26.9 Å². The molecule has 296 valence electrons. The Balaban J connectivity index is 1.24. The summed E-state index contributed by atoms with van der Waals surface area (Å²) in [5.74, 6) is -1.36. The van der Waals surface area contributed by atoms with E-state index in [0.717, 1.165) is 44.1 Å². The van der Waals surface area contributed by atoms with Crippen LogP contribution in [0.2, 0.25) is 0 Å². The number of ketones is 1. The van der Waals surface area contributed by atoms with Crippen molar-refractivity contribution in [1.29, 1.82) is 0 Å². The van der Waals surface area contributed by atoms with E-state index >= 15 is 0 Å². The third-order valence-corrected chi connectivity index (χ3v) is 10.8. The molecule has 4 amide bonds. The topological polar surface area (TPSA) is 183 Å². The molecule has 2 saturated heterocycles. The smallest absolute Gasteiger partial charge is 0.408 e. The minimum atomic E-state index is -1.10. The number of hydrogen-bond acceptors (Lipinski definition) is 11. The van der Waals surface area contributed by atoms with E-state index in [4.69, 9.17) is 23.8 Å². The number of benzene rings is 1. The number of nitrogens with one attached hydrogen (secondary N) is 3. The molecule has 3 N–H and O–H groups in total. The summed E-state index contributed by atoms with van der Waals surface area (Å²) in [7, 11) is 1.59. The van der Waals surface area contributed by atoms with Crippen molar-refractivity contribution < 1.29 is 47.8 Å². The standard InChI is InChI=1S/C39H55N5O10/c1-6-9-27(32(45)35(47)40-24-13-14-24)41-34(46)29-20-39(22-44(29)36(48)33(38(2,3)4)42-37(49)53-26-16-17-51-21-26)19-28(43-54-39)23-12-15-30(50-5)31(18-23)52-25-10-7-8-11-25/h12,15,18,24-27,29,33H,6-11,13-14,16-17,19-22H2,1-5H3,(H,40,47)(H,41,46)(H,42,49)/t26-,27-,29-,33+,39+/m0/s1. The van der Waals surface area contributed by atoms with Crippen LogP contribution in [0.4, 0.5) is 4.79 Å². The number of alkyl carbamates (subject to hydrolysis) is 1. The first kappa shape index (κ1) is 39.3. The van der Waals surface area contributed by atoms with Crippen LogP contribution in [0, 0.1) is 5.41 Å². The number of carbonyl (C=O) groups is 5. The van der Waals surface area contributed by atoms with E-state index in [2.05, 4.69) is 21.1 Å². The van der Waals surface area contributed by atoms with E-state index in [-0.39, 0.29) is 44.6 Å². The van der Waals surface area contributed by atoms with E-state index in [1.54, 1.807) is 7.11 Å². The zero-order chi connectivity index (χ0) is 38.6. The van der Waals surface area contributed by atoms with E-state index in [9.17, 15) is 24.0 Å². The predicted octanol–water partition coefficient (Wildman–Crippen LogP) is 3.54. The lowest BCUT2D eigenvalue weighted by atomic mass is 9.85. The summed E-state index contributed by atoms with van der Waals surface area (Å²) in [6, 6.07) is 2.29. The van der Waals surface area contributed by atoms with Gasteiger partial charge in [0.15, 0.2) is 17.1 Å². The molecule has 1 spiro atoms. The fraction of sp³-hybridized carbons (Fsp3) is 0.692. The highest BCUT2D eigenvalue weighted by atomic mass is 16.7. The minimum Gasteiger partial charge on any atom is -0.493 e. The molecule has 3 aliphatic heterocycles. The largest absolute Gasteiger partial charge is 0.493 e. The molecule has 0 unspecified atom stereocenters. The van der Waals surface area contributed by atoms with E-state index in [1.165, 1.54) is 4.90 Å². The Morgan fingerprint density at radius 2 is 1.78 bits per heavy atom. The quantitative estimate of drug-likeness (QED) is 0.238. The lowest BCUT2D eigenvalue weighted by molar-refractivity contribution is -0.144. The molecular weight excluding hydrogens is 698 g/mol. The number of rotatable bonds is 14. The second-order valence-corrected chi connectivity index (χ2v) is 16.4.